The van der Waals surface area contributed by atoms with Crippen LogP contribution in [0.4, 0.5) is 5.69 Å². The van der Waals surface area contributed by atoms with Gasteiger partial charge < -0.3 is 9.47 Å². The number of non-ortho nitro benzene ring substituents is 1. The van der Waals surface area contributed by atoms with Crippen molar-refractivity contribution in [2.24, 2.45) is 10.9 Å². The number of aliphatic imine (C=N–C) groups is 1. The van der Waals surface area contributed by atoms with E-state index in [2.05, 4.69) is 4.99 Å². The van der Waals surface area contributed by atoms with Crippen LogP contribution >= 0.6 is 0 Å². The van der Waals surface area contributed by atoms with Gasteiger partial charge in [-0.1, -0.05) is 19.1 Å². The zero-order chi connectivity index (χ0) is 21.7. The van der Waals surface area contributed by atoms with Crippen LogP contribution in [0.3, 0.4) is 0 Å². The molecule has 0 saturated carbocycles. The van der Waals surface area contributed by atoms with Crippen LogP contribution < -0.4 is 0 Å². The molecule has 2 rings (SSSR count). The Morgan fingerprint density at radius 1 is 1.28 bits per heavy atom. The number of ether oxygens (including phenoxy) is 2. The first-order chi connectivity index (χ1) is 13.7. The molecule has 1 aliphatic heterocycles. The largest absolute Gasteiger partial charge is 0.465 e. The van der Waals surface area contributed by atoms with Crippen molar-refractivity contribution in [3.05, 3.63) is 51.2 Å². The minimum absolute atomic E-state index is 0.127. The van der Waals surface area contributed by atoms with Crippen LogP contribution in [0, 0.1) is 16.0 Å². The number of esters is 2. The van der Waals surface area contributed by atoms with E-state index in [-0.39, 0.29) is 24.0 Å². The van der Waals surface area contributed by atoms with E-state index in [1.807, 2.05) is 6.92 Å². The summed E-state index contributed by atoms with van der Waals surface area (Å²) in [6.07, 6.45) is 0.277. The fourth-order valence-electron chi connectivity index (χ4n) is 3.37. The molecular formula is C21H26N2O6. The number of carbonyl (C=O) groups excluding carboxylic acids is 2. The molecule has 0 N–H and O–H groups in total. The number of hydrogen-bond acceptors (Lipinski definition) is 7. The van der Waals surface area contributed by atoms with Gasteiger partial charge in [0.25, 0.3) is 5.69 Å². The fraction of sp³-hybridized carbons (Fsp3) is 0.476. The van der Waals surface area contributed by atoms with Gasteiger partial charge in [-0.3, -0.25) is 19.9 Å². The molecule has 0 amide bonds. The van der Waals surface area contributed by atoms with Crippen LogP contribution in [0.5, 0.6) is 0 Å². The van der Waals surface area contributed by atoms with Gasteiger partial charge in [-0.25, -0.2) is 4.79 Å². The number of nitro groups is 1. The van der Waals surface area contributed by atoms with Crippen molar-refractivity contribution in [1.82, 2.24) is 0 Å². The molecule has 8 nitrogen and oxygen atoms in total. The standard InChI is InChI=1S/C21H26N2O6/c1-6-10-28-20(24)17-13(4)22-14(5)18(21(25)29-12(2)3)19(17)15-8-7-9-16(11-15)23(26)27/h7-9,11-12,17,19H,6,10H2,1-5H3. The average molecular weight is 402 g/mol. The Bertz CT molecular complexity index is 872. The maximum absolute atomic E-state index is 12.9. The summed E-state index contributed by atoms with van der Waals surface area (Å²) in [6.45, 7) is 8.91. The molecule has 2 atom stereocenters. The molecule has 1 heterocycles. The van der Waals surface area contributed by atoms with Gasteiger partial charge in [-0.05, 0) is 39.7 Å². The summed E-state index contributed by atoms with van der Waals surface area (Å²) in [5.74, 6) is -2.78. The van der Waals surface area contributed by atoms with Gasteiger partial charge in [0.15, 0.2) is 0 Å². The normalized spacial score (nSPS) is 19.0. The molecule has 0 saturated heterocycles. The Balaban J connectivity index is 2.64. The molecule has 0 radical (unpaired) electrons. The molecule has 1 aromatic rings. The Hall–Kier alpha value is -3.03. The highest BCUT2D eigenvalue weighted by Crippen LogP contribution is 2.41. The molecule has 2 unspecified atom stereocenters. The highest BCUT2D eigenvalue weighted by molar-refractivity contribution is 6.07. The first-order valence-corrected chi connectivity index (χ1v) is 9.55. The lowest BCUT2D eigenvalue weighted by Gasteiger charge is -2.31. The van der Waals surface area contributed by atoms with Crippen molar-refractivity contribution in [3.63, 3.8) is 0 Å². The topological polar surface area (TPSA) is 108 Å². The summed E-state index contributed by atoms with van der Waals surface area (Å²) in [6, 6.07) is 5.93. The van der Waals surface area contributed by atoms with Crippen molar-refractivity contribution in [3.8, 4) is 0 Å². The third-order valence-corrected chi connectivity index (χ3v) is 4.53. The SMILES string of the molecule is CCCOC(=O)C1C(C)=NC(C)=C(C(=O)OC(C)C)C1c1cccc([N+](=O)[O-])c1. The Morgan fingerprint density at radius 2 is 1.97 bits per heavy atom. The maximum Gasteiger partial charge on any atom is 0.336 e. The van der Waals surface area contributed by atoms with E-state index >= 15 is 0 Å². The predicted molar refractivity (Wildman–Crippen MR) is 108 cm³/mol. The number of nitro benzene ring substituents is 1. The smallest absolute Gasteiger partial charge is 0.336 e. The second-order valence-electron chi connectivity index (χ2n) is 7.18. The molecule has 29 heavy (non-hydrogen) atoms. The molecule has 1 aliphatic rings. The van der Waals surface area contributed by atoms with Crippen LogP contribution in [0.2, 0.25) is 0 Å². The van der Waals surface area contributed by atoms with Gasteiger partial charge in [0.2, 0.25) is 0 Å². The average Bonchev–Trinajstić information content (AvgIpc) is 2.64. The molecule has 156 valence electrons. The van der Waals surface area contributed by atoms with Gasteiger partial charge in [0.1, 0.15) is 5.92 Å². The van der Waals surface area contributed by atoms with E-state index in [0.717, 1.165) is 0 Å². The first kappa shape index (κ1) is 22.3. The summed E-state index contributed by atoms with van der Waals surface area (Å²) in [7, 11) is 0. The quantitative estimate of drug-likeness (QED) is 0.388. The summed E-state index contributed by atoms with van der Waals surface area (Å²) >= 11 is 0. The lowest BCUT2D eigenvalue weighted by Crippen LogP contribution is -2.37. The van der Waals surface area contributed by atoms with Gasteiger partial charge in [0.05, 0.1) is 23.2 Å². The summed E-state index contributed by atoms with van der Waals surface area (Å²) < 4.78 is 10.7. The molecule has 0 fully saturated rings. The van der Waals surface area contributed by atoms with Crippen LogP contribution in [0.15, 0.2) is 40.5 Å². The molecule has 0 spiro atoms. The first-order valence-electron chi connectivity index (χ1n) is 9.55. The minimum atomic E-state index is -0.873. The van der Waals surface area contributed by atoms with E-state index in [1.54, 1.807) is 33.8 Å². The Kier molecular flexibility index (Phi) is 7.25. The van der Waals surface area contributed by atoms with Crippen molar-refractivity contribution in [1.29, 1.82) is 0 Å². The summed E-state index contributed by atoms with van der Waals surface area (Å²) in [4.78, 5) is 40.9. The molecule has 0 aromatic heterocycles. The summed E-state index contributed by atoms with van der Waals surface area (Å²) in [5.41, 5.74) is 1.45. The van der Waals surface area contributed by atoms with E-state index in [0.29, 0.717) is 23.4 Å². The van der Waals surface area contributed by atoms with Crippen molar-refractivity contribution < 1.29 is 24.0 Å². The monoisotopic (exact) mass is 402 g/mol. The number of rotatable bonds is 7. The van der Waals surface area contributed by atoms with Gasteiger partial charge in [-0.15, -0.1) is 0 Å². The second-order valence-corrected chi connectivity index (χ2v) is 7.18. The van der Waals surface area contributed by atoms with Gasteiger partial charge in [-0.2, -0.15) is 0 Å². The van der Waals surface area contributed by atoms with E-state index in [4.69, 9.17) is 9.47 Å². The third-order valence-electron chi connectivity index (χ3n) is 4.53. The van der Waals surface area contributed by atoms with Crippen LogP contribution in [-0.4, -0.2) is 35.3 Å². The lowest BCUT2D eigenvalue weighted by molar-refractivity contribution is -0.384. The van der Waals surface area contributed by atoms with Gasteiger partial charge in [0, 0.05) is 29.5 Å². The van der Waals surface area contributed by atoms with Crippen molar-refractivity contribution in [2.75, 3.05) is 6.61 Å². The van der Waals surface area contributed by atoms with Crippen LogP contribution in [0.1, 0.15) is 52.5 Å². The highest BCUT2D eigenvalue weighted by atomic mass is 16.6. The minimum Gasteiger partial charge on any atom is -0.465 e. The maximum atomic E-state index is 12.9. The molecule has 0 bridgehead atoms. The predicted octanol–water partition coefficient (Wildman–Crippen LogP) is 3.95. The lowest BCUT2D eigenvalue weighted by atomic mass is 9.75. The number of benzene rings is 1. The van der Waals surface area contributed by atoms with Gasteiger partial charge >= 0.3 is 11.9 Å². The van der Waals surface area contributed by atoms with Crippen LogP contribution in [-0.2, 0) is 19.1 Å². The fourth-order valence-corrected chi connectivity index (χ4v) is 3.37. The third kappa shape index (κ3) is 5.07. The molecule has 8 heteroatoms. The Morgan fingerprint density at radius 3 is 2.55 bits per heavy atom. The highest BCUT2D eigenvalue weighted by Gasteiger charge is 2.43. The molecular weight excluding hydrogens is 376 g/mol. The van der Waals surface area contributed by atoms with E-state index in [1.165, 1.54) is 18.2 Å². The number of allylic oxidation sites excluding steroid dienone is 1. The second kappa shape index (κ2) is 9.45. The zero-order valence-electron chi connectivity index (χ0n) is 17.3. The van der Waals surface area contributed by atoms with E-state index < -0.39 is 28.7 Å². The van der Waals surface area contributed by atoms with Crippen LogP contribution in [0.25, 0.3) is 0 Å². The molecule has 1 aromatic carbocycles. The molecule has 0 aliphatic carbocycles. The number of nitrogens with zero attached hydrogens (tertiary/aromatic N) is 2. The van der Waals surface area contributed by atoms with Crippen molar-refractivity contribution >= 4 is 23.3 Å². The van der Waals surface area contributed by atoms with Crippen molar-refractivity contribution in [2.45, 2.75) is 53.1 Å². The zero-order valence-corrected chi connectivity index (χ0v) is 17.3. The summed E-state index contributed by atoms with van der Waals surface area (Å²) in [5, 5.41) is 11.3. The Labute approximate surface area is 169 Å². The van der Waals surface area contributed by atoms with E-state index in [9.17, 15) is 19.7 Å². The number of carbonyl (C=O) groups is 2. The number of hydrogen-bond donors (Lipinski definition) is 0.